The number of ether oxygens (including phenoxy) is 2. The number of aromatic amines is 1. The number of halogens is 1. The van der Waals surface area contributed by atoms with Gasteiger partial charge in [0.15, 0.2) is 0 Å². The summed E-state index contributed by atoms with van der Waals surface area (Å²) in [6, 6.07) is 10.9. The van der Waals surface area contributed by atoms with Gasteiger partial charge in [0.1, 0.15) is 17.3 Å². The standard InChI is InChI=1S/C24H29FN2O2/c1-28-23-6-3-7-24-21(23)12-18(15-29-24)16(10-11-26)4-2-5-17-14-27-22-9-8-19(25)13-20(17)22/h3,6-9,13-14,16,18,27H,2,4-5,10-12,15,26H2,1H3/t16?,18-/m1/s1. The summed E-state index contributed by atoms with van der Waals surface area (Å²) in [6.45, 7) is 1.40. The molecule has 5 heteroatoms. The average molecular weight is 397 g/mol. The molecule has 4 nitrogen and oxygen atoms in total. The van der Waals surface area contributed by atoms with Crippen molar-refractivity contribution in [1.82, 2.24) is 4.98 Å². The first-order valence-corrected chi connectivity index (χ1v) is 10.4. The highest BCUT2D eigenvalue weighted by Gasteiger charge is 2.28. The number of aromatic nitrogens is 1. The minimum Gasteiger partial charge on any atom is -0.496 e. The number of methoxy groups -OCH3 is 1. The number of rotatable bonds is 8. The fourth-order valence-electron chi connectivity index (χ4n) is 4.64. The molecule has 2 atom stereocenters. The maximum atomic E-state index is 13.6. The third kappa shape index (κ3) is 4.25. The van der Waals surface area contributed by atoms with Crippen LogP contribution in [0.5, 0.6) is 11.5 Å². The lowest BCUT2D eigenvalue weighted by molar-refractivity contribution is 0.155. The van der Waals surface area contributed by atoms with Crippen LogP contribution in [-0.2, 0) is 12.8 Å². The molecule has 4 rings (SSSR count). The van der Waals surface area contributed by atoms with E-state index >= 15 is 0 Å². The Balaban J connectivity index is 1.42. The van der Waals surface area contributed by atoms with Crippen molar-refractivity contribution in [3.63, 3.8) is 0 Å². The van der Waals surface area contributed by atoms with Crippen LogP contribution >= 0.6 is 0 Å². The maximum Gasteiger partial charge on any atom is 0.126 e. The SMILES string of the molecule is COc1cccc2c1C[C@@H](C(CCN)CCCc1c[nH]c3ccc(F)cc13)CO2. The van der Waals surface area contributed by atoms with Crippen molar-refractivity contribution < 1.29 is 13.9 Å². The van der Waals surface area contributed by atoms with Gasteiger partial charge in [-0.3, -0.25) is 0 Å². The predicted molar refractivity (Wildman–Crippen MR) is 114 cm³/mol. The summed E-state index contributed by atoms with van der Waals surface area (Å²) >= 11 is 0. The zero-order chi connectivity index (χ0) is 20.2. The molecule has 0 saturated carbocycles. The van der Waals surface area contributed by atoms with E-state index in [0.717, 1.165) is 61.1 Å². The first-order valence-electron chi connectivity index (χ1n) is 10.4. The van der Waals surface area contributed by atoms with Crippen molar-refractivity contribution in [2.45, 2.75) is 32.1 Å². The van der Waals surface area contributed by atoms with Crippen LogP contribution in [0.1, 0.15) is 30.4 Å². The molecule has 154 valence electrons. The number of nitrogens with one attached hydrogen (secondary N) is 1. The zero-order valence-electron chi connectivity index (χ0n) is 16.9. The summed E-state index contributed by atoms with van der Waals surface area (Å²) in [5.41, 5.74) is 9.27. The van der Waals surface area contributed by atoms with Crippen LogP contribution in [0.15, 0.2) is 42.6 Å². The van der Waals surface area contributed by atoms with Gasteiger partial charge in [0, 0.05) is 28.6 Å². The Bertz CT molecular complexity index is 954. The largest absolute Gasteiger partial charge is 0.496 e. The Labute approximate surface area is 171 Å². The first-order chi connectivity index (χ1) is 14.2. The van der Waals surface area contributed by atoms with Gasteiger partial charge in [0.05, 0.1) is 13.7 Å². The summed E-state index contributed by atoms with van der Waals surface area (Å²) in [4.78, 5) is 3.25. The van der Waals surface area contributed by atoms with Crippen molar-refractivity contribution in [1.29, 1.82) is 0 Å². The Kier molecular flexibility index (Phi) is 6.05. The number of fused-ring (bicyclic) bond motifs is 2. The fourth-order valence-corrected chi connectivity index (χ4v) is 4.64. The van der Waals surface area contributed by atoms with Crippen molar-refractivity contribution in [2.75, 3.05) is 20.3 Å². The fraction of sp³-hybridized carbons (Fsp3) is 0.417. The lowest BCUT2D eigenvalue weighted by Crippen LogP contribution is -2.30. The third-order valence-electron chi connectivity index (χ3n) is 6.18. The van der Waals surface area contributed by atoms with Crippen LogP contribution in [0.4, 0.5) is 4.39 Å². The molecule has 0 amide bonds. The Morgan fingerprint density at radius 1 is 1.28 bits per heavy atom. The lowest BCUT2D eigenvalue weighted by atomic mass is 9.80. The predicted octanol–water partition coefficient (Wildman–Crippen LogP) is 4.85. The van der Waals surface area contributed by atoms with Crippen LogP contribution in [-0.4, -0.2) is 25.2 Å². The van der Waals surface area contributed by atoms with E-state index in [-0.39, 0.29) is 5.82 Å². The van der Waals surface area contributed by atoms with E-state index in [1.54, 1.807) is 19.2 Å². The van der Waals surface area contributed by atoms with E-state index in [1.165, 1.54) is 17.2 Å². The minimum absolute atomic E-state index is 0.189. The highest BCUT2D eigenvalue weighted by atomic mass is 19.1. The summed E-state index contributed by atoms with van der Waals surface area (Å²) in [5.74, 6) is 2.58. The average Bonchev–Trinajstić information content (AvgIpc) is 3.14. The molecule has 0 saturated heterocycles. The number of hydrogen-bond acceptors (Lipinski definition) is 3. The molecule has 3 aromatic rings. The Morgan fingerprint density at radius 2 is 2.17 bits per heavy atom. The molecule has 3 N–H and O–H groups in total. The first kappa shape index (κ1) is 19.8. The molecule has 0 aliphatic carbocycles. The topological polar surface area (TPSA) is 60.3 Å². The maximum absolute atomic E-state index is 13.6. The monoisotopic (exact) mass is 396 g/mol. The molecule has 1 unspecified atom stereocenters. The molecular formula is C24H29FN2O2. The Hall–Kier alpha value is -2.53. The van der Waals surface area contributed by atoms with Gasteiger partial charge >= 0.3 is 0 Å². The van der Waals surface area contributed by atoms with Gasteiger partial charge in [0.25, 0.3) is 0 Å². The van der Waals surface area contributed by atoms with Crippen molar-refractivity contribution in [2.24, 2.45) is 17.6 Å². The molecule has 2 heterocycles. The van der Waals surface area contributed by atoms with Crippen LogP contribution in [0, 0.1) is 17.7 Å². The van der Waals surface area contributed by atoms with Gasteiger partial charge in [-0.1, -0.05) is 6.07 Å². The third-order valence-corrected chi connectivity index (χ3v) is 6.18. The number of hydrogen-bond donors (Lipinski definition) is 2. The molecule has 1 aliphatic rings. The van der Waals surface area contributed by atoms with E-state index in [0.29, 0.717) is 18.4 Å². The number of benzene rings is 2. The van der Waals surface area contributed by atoms with Gasteiger partial charge in [0.2, 0.25) is 0 Å². The van der Waals surface area contributed by atoms with Crippen LogP contribution in [0.25, 0.3) is 10.9 Å². The molecule has 2 aromatic carbocycles. The number of nitrogens with two attached hydrogens (primary N) is 1. The van der Waals surface area contributed by atoms with E-state index in [4.69, 9.17) is 15.2 Å². The molecule has 0 bridgehead atoms. The molecule has 1 aliphatic heterocycles. The second-order valence-electron chi connectivity index (χ2n) is 7.95. The smallest absolute Gasteiger partial charge is 0.126 e. The van der Waals surface area contributed by atoms with Crippen molar-refractivity contribution >= 4 is 10.9 Å². The number of aryl methyl sites for hydroxylation is 1. The van der Waals surface area contributed by atoms with Gasteiger partial charge in [-0.25, -0.2) is 4.39 Å². The second kappa shape index (κ2) is 8.87. The minimum atomic E-state index is -0.189. The van der Waals surface area contributed by atoms with Gasteiger partial charge in [-0.05, 0) is 80.5 Å². The second-order valence-corrected chi connectivity index (χ2v) is 7.95. The van der Waals surface area contributed by atoms with E-state index in [9.17, 15) is 4.39 Å². The summed E-state index contributed by atoms with van der Waals surface area (Å²) in [7, 11) is 1.71. The molecule has 0 radical (unpaired) electrons. The lowest BCUT2D eigenvalue weighted by Gasteiger charge is -2.32. The van der Waals surface area contributed by atoms with Crippen molar-refractivity contribution in [3.8, 4) is 11.5 Å². The molecular weight excluding hydrogens is 367 g/mol. The molecule has 29 heavy (non-hydrogen) atoms. The normalized spacial score (nSPS) is 17.0. The van der Waals surface area contributed by atoms with Crippen molar-refractivity contribution in [3.05, 3.63) is 59.5 Å². The quantitative estimate of drug-likeness (QED) is 0.572. The molecule has 1 aromatic heterocycles. The molecule has 0 spiro atoms. The number of H-pyrrole nitrogens is 1. The Morgan fingerprint density at radius 3 is 3.00 bits per heavy atom. The van der Waals surface area contributed by atoms with Crippen LogP contribution < -0.4 is 15.2 Å². The van der Waals surface area contributed by atoms with Gasteiger partial charge in [-0.15, -0.1) is 0 Å². The summed E-state index contributed by atoms with van der Waals surface area (Å²) in [5, 5.41) is 0.986. The van der Waals surface area contributed by atoms with Crippen LogP contribution in [0.3, 0.4) is 0 Å². The van der Waals surface area contributed by atoms with Gasteiger partial charge < -0.3 is 20.2 Å². The van der Waals surface area contributed by atoms with E-state index < -0.39 is 0 Å². The molecule has 0 fully saturated rings. The zero-order valence-corrected chi connectivity index (χ0v) is 16.9. The van der Waals surface area contributed by atoms with Gasteiger partial charge in [-0.2, -0.15) is 0 Å². The highest BCUT2D eigenvalue weighted by Crippen LogP contribution is 2.38. The summed E-state index contributed by atoms with van der Waals surface area (Å²) in [6.07, 6.45) is 7.01. The summed E-state index contributed by atoms with van der Waals surface area (Å²) < 4.78 is 25.2. The highest BCUT2D eigenvalue weighted by molar-refractivity contribution is 5.83. The van der Waals surface area contributed by atoms with Crippen LogP contribution in [0.2, 0.25) is 0 Å². The van der Waals surface area contributed by atoms with E-state index in [2.05, 4.69) is 4.98 Å². The van der Waals surface area contributed by atoms with E-state index in [1.807, 2.05) is 24.4 Å².